The molecule has 0 spiro atoms. The van der Waals surface area contributed by atoms with Gasteiger partial charge < -0.3 is 15.2 Å². The van der Waals surface area contributed by atoms with Crippen LogP contribution in [0.1, 0.15) is 23.9 Å². The van der Waals surface area contributed by atoms with Crippen molar-refractivity contribution in [3.05, 3.63) is 65.4 Å². The first-order valence-electron chi connectivity index (χ1n) is 9.17. The predicted octanol–water partition coefficient (Wildman–Crippen LogP) is 2.88. The Morgan fingerprint density at radius 2 is 2.11 bits per heavy atom. The Kier molecular flexibility index (Phi) is 6.67. The third kappa shape index (κ3) is 5.35. The summed E-state index contributed by atoms with van der Waals surface area (Å²) in [5, 5.41) is 10.4. The van der Waals surface area contributed by atoms with Crippen molar-refractivity contribution in [3.8, 4) is 11.6 Å². The topological polar surface area (TPSA) is 88.2 Å². The van der Waals surface area contributed by atoms with E-state index in [1.807, 2.05) is 25.1 Å². The van der Waals surface area contributed by atoms with Gasteiger partial charge in [-0.2, -0.15) is 4.98 Å². The van der Waals surface area contributed by atoms with Gasteiger partial charge in [0.1, 0.15) is 11.5 Å². The van der Waals surface area contributed by atoms with Gasteiger partial charge in [0.2, 0.25) is 0 Å². The van der Waals surface area contributed by atoms with E-state index in [1.54, 1.807) is 25.3 Å². The number of guanidine groups is 1. The molecular formula is C20H23FN6O. The molecule has 0 amide bonds. The lowest BCUT2D eigenvalue weighted by Gasteiger charge is -2.10. The summed E-state index contributed by atoms with van der Waals surface area (Å²) >= 11 is 0. The fourth-order valence-corrected chi connectivity index (χ4v) is 2.56. The molecule has 0 fully saturated rings. The van der Waals surface area contributed by atoms with Gasteiger partial charge in [0.25, 0.3) is 5.89 Å². The van der Waals surface area contributed by atoms with Crippen molar-refractivity contribution >= 4 is 5.96 Å². The number of nitrogens with zero attached hydrogens (tertiary/aromatic N) is 4. The second kappa shape index (κ2) is 9.59. The predicted molar refractivity (Wildman–Crippen MR) is 105 cm³/mol. The summed E-state index contributed by atoms with van der Waals surface area (Å²) in [7, 11) is 0. The average Bonchev–Trinajstić information content (AvgIpc) is 3.18. The first kappa shape index (κ1) is 19.5. The highest BCUT2D eigenvalue weighted by Crippen LogP contribution is 2.13. The minimum Gasteiger partial charge on any atom is -0.357 e. The molecule has 2 N–H and O–H groups in total. The summed E-state index contributed by atoms with van der Waals surface area (Å²) in [5.41, 5.74) is 2.22. The Labute approximate surface area is 163 Å². The van der Waals surface area contributed by atoms with Gasteiger partial charge >= 0.3 is 0 Å². The Balaban J connectivity index is 1.55. The maximum Gasteiger partial charge on any atom is 0.276 e. The van der Waals surface area contributed by atoms with E-state index in [-0.39, 0.29) is 5.82 Å². The summed E-state index contributed by atoms with van der Waals surface area (Å²) < 4.78 is 18.6. The lowest BCUT2D eigenvalue weighted by molar-refractivity contribution is 0.421. The van der Waals surface area contributed by atoms with Crippen LogP contribution in [-0.2, 0) is 13.0 Å². The van der Waals surface area contributed by atoms with Crippen LogP contribution >= 0.6 is 0 Å². The van der Waals surface area contributed by atoms with Gasteiger partial charge in [-0.05, 0) is 43.2 Å². The monoisotopic (exact) mass is 382 g/mol. The normalized spacial score (nSPS) is 11.5. The maximum absolute atomic E-state index is 13.4. The van der Waals surface area contributed by atoms with E-state index < -0.39 is 0 Å². The summed E-state index contributed by atoms with van der Waals surface area (Å²) in [6.07, 6.45) is 2.26. The van der Waals surface area contributed by atoms with Crippen molar-refractivity contribution in [2.24, 2.45) is 4.99 Å². The number of rotatable bonds is 7. The summed E-state index contributed by atoms with van der Waals surface area (Å²) in [4.78, 5) is 13.1. The number of nitrogens with one attached hydrogen (secondary N) is 2. The molecule has 0 unspecified atom stereocenters. The van der Waals surface area contributed by atoms with E-state index in [0.717, 1.165) is 12.1 Å². The zero-order valence-corrected chi connectivity index (χ0v) is 15.9. The van der Waals surface area contributed by atoms with Gasteiger partial charge in [-0.1, -0.05) is 23.4 Å². The molecule has 146 valence electrons. The van der Waals surface area contributed by atoms with Crippen LogP contribution < -0.4 is 10.6 Å². The van der Waals surface area contributed by atoms with Crippen LogP contribution in [0.15, 0.2) is 52.1 Å². The van der Waals surface area contributed by atoms with Gasteiger partial charge in [-0.15, -0.1) is 0 Å². The van der Waals surface area contributed by atoms with Crippen LogP contribution in [0.2, 0.25) is 0 Å². The van der Waals surface area contributed by atoms with E-state index in [2.05, 4.69) is 30.8 Å². The van der Waals surface area contributed by atoms with Crippen molar-refractivity contribution in [1.82, 2.24) is 25.8 Å². The highest BCUT2D eigenvalue weighted by atomic mass is 19.1. The van der Waals surface area contributed by atoms with E-state index in [4.69, 9.17) is 4.52 Å². The number of pyridine rings is 1. The molecular weight excluding hydrogens is 359 g/mol. The molecule has 0 radical (unpaired) electrons. The lowest BCUT2D eigenvalue weighted by atomic mass is 10.1. The van der Waals surface area contributed by atoms with Gasteiger partial charge in [0, 0.05) is 25.7 Å². The quantitative estimate of drug-likeness (QED) is 0.483. The van der Waals surface area contributed by atoms with Crippen LogP contribution in [0.4, 0.5) is 4.39 Å². The fraction of sp³-hybridized carbons (Fsp3) is 0.300. The zero-order valence-electron chi connectivity index (χ0n) is 15.9. The Morgan fingerprint density at radius 1 is 1.21 bits per heavy atom. The molecule has 3 aromatic rings. The molecule has 2 aromatic heterocycles. The van der Waals surface area contributed by atoms with Gasteiger partial charge in [-0.3, -0.25) is 4.98 Å². The summed E-state index contributed by atoms with van der Waals surface area (Å²) in [6.45, 7) is 5.53. The minimum absolute atomic E-state index is 0.206. The van der Waals surface area contributed by atoms with Crippen LogP contribution in [0.3, 0.4) is 0 Å². The van der Waals surface area contributed by atoms with Crippen molar-refractivity contribution in [2.75, 3.05) is 13.1 Å². The van der Waals surface area contributed by atoms with Gasteiger partial charge in [0.15, 0.2) is 11.8 Å². The Hall–Kier alpha value is -3.29. The number of hydrogen-bond donors (Lipinski definition) is 2. The molecule has 0 aliphatic carbocycles. The SMILES string of the molecule is CCNC(=NCc1ccc(F)c(C)c1)NCCc1noc(-c2ccccn2)n1. The zero-order chi connectivity index (χ0) is 19.8. The number of aromatic nitrogens is 3. The first-order chi connectivity index (χ1) is 13.7. The van der Waals surface area contributed by atoms with Crippen molar-refractivity contribution in [1.29, 1.82) is 0 Å². The average molecular weight is 382 g/mol. The third-order valence-electron chi connectivity index (χ3n) is 3.98. The molecule has 8 heteroatoms. The number of aryl methyl sites for hydroxylation is 1. The van der Waals surface area contributed by atoms with E-state index in [9.17, 15) is 4.39 Å². The second-order valence-electron chi connectivity index (χ2n) is 6.19. The molecule has 7 nitrogen and oxygen atoms in total. The second-order valence-corrected chi connectivity index (χ2v) is 6.19. The van der Waals surface area contributed by atoms with E-state index >= 15 is 0 Å². The van der Waals surface area contributed by atoms with Crippen molar-refractivity contribution < 1.29 is 8.91 Å². The number of benzene rings is 1. The van der Waals surface area contributed by atoms with Crippen LogP contribution in [0.5, 0.6) is 0 Å². The molecule has 0 bridgehead atoms. The number of hydrogen-bond acceptors (Lipinski definition) is 5. The molecule has 0 saturated heterocycles. The van der Waals surface area contributed by atoms with Crippen LogP contribution in [0.25, 0.3) is 11.6 Å². The van der Waals surface area contributed by atoms with E-state index in [1.165, 1.54) is 6.07 Å². The molecule has 1 aromatic carbocycles. The maximum atomic E-state index is 13.4. The third-order valence-corrected chi connectivity index (χ3v) is 3.98. The molecule has 2 heterocycles. The standard InChI is InChI=1S/C20H23FN6O/c1-3-22-20(25-13-15-7-8-16(21)14(2)12-15)24-11-9-18-26-19(28-27-18)17-6-4-5-10-23-17/h4-8,10,12H,3,9,11,13H2,1-2H3,(H2,22,24,25). The molecule has 0 aliphatic rings. The number of halogens is 1. The molecule has 0 aliphatic heterocycles. The highest BCUT2D eigenvalue weighted by Gasteiger charge is 2.09. The Morgan fingerprint density at radius 3 is 2.86 bits per heavy atom. The lowest BCUT2D eigenvalue weighted by Crippen LogP contribution is -2.38. The fourth-order valence-electron chi connectivity index (χ4n) is 2.56. The van der Waals surface area contributed by atoms with Crippen molar-refractivity contribution in [2.45, 2.75) is 26.8 Å². The highest BCUT2D eigenvalue weighted by molar-refractivity contribution is 5.79. The first-order valence-corrected chi connectivity index (χ1v) is 9.17. The summed E-state index contributed by atoms with van der Waals surface area (Å²) in [6, 6.07) is 10.5. The molecule has 3 rings (SSSR count). The molecule has 0 atom stereocenters. The van der Waals surface area contributed by atoms with E-state index in [0.29, 0.717) is 48.4 Å². The molecule has 28 heavy (non-hydrogen) atoms. The number of aliphatic imine (C=N–C) groups is 1. The van der Waals surface area contributed by atoms with Crippen LogP contribution in [0, 0.1) is 12.7 Å². The summed E-state index contributed by atoms with van der Waals surface area (Å²) in [5.74, 6) is 1.47. The van der Waals surface area contributed by atoms with Crippen molar-refractivity contribution in [3.63, 3.8) is 0 Å². The molecule has 0 saturated carbocycles. The van der Waals surface area contributed by atoms with Gasteiger partial charge in [0.05, 0.1) is 6.54 Å². The largest absolute Gasteiger partial charge is 0.357 e. The van der Waals surface area contributed by atoms with Gasteiger partial charge in [-0.25, -0.2) is 9.38 Å². The van der Waals surface area contributed by atoms with Crippen LogP contribution in [-0.4, -0.2) is 34.2 Å². The Bertz CT molecular complexity index is 925. The minimum atomic E-state index is -0.206. The smallest absolute Gasteiger partial charge is 0.276 e.